The van der Waals surface area contributed by atoms with E-state index in [1.54, 1.807) is 24.3 Å². The third-order valence-electron chi connectivity index (χ3n) is 3.19. The number of hydrogen-bond donors (Lipinski definition) is 1. The number of hydrogen-bond acceptors (Lipinski definition) is 3. The standard InChI is InChI=1S/C16H27NO3/c1-5-11-17(4,12-6-2)19-13-14(3)20-16-9-7-15(18)8-10-16/h7-10,14H,5-6,11-13H2,1-4H3/p+1. The zero-order chi connectivity index (χ0) is 15.0. The van der Waals surface area contributed by atoms with Crippen LogP contribution in [0.3, 0.4) is 0 Å². The maximum Gasteiger partial charge on any atom is 0.143 e. The van der Waals surface area contributed by atoms with Crippen LogP contribution in [-0.4, -0.2) is 42.6 Å². The minimum Gasteiger partial charge on any atom is -0.508 e. The second-order valence-corrected chi connectivity index (χ2v) is 5.46. The predicted octanol–water partition coefficient (Wildman–Crippen LogP) is 3.36. The highest BCUT2D eigenvalue weighted by Crippen LogP contribution is 2.17. The summed E-state index contributed by atoms with van der Waals surface area (Å²) in [4.78, 5) is 6.03. The highest BCUT2D eigenvalue weighted by molar-refractivity contribution is 5.30. The molecule has 0 radical (unpaired) electrons. The van der Waals surface area contributed by atoms with Crippen LogP contribution in [0.5, 0.6) is 11.5 Å². The van der Waals surface area contributed by atoms with Crippen molar-refractivity contribution in [2.45, 2.75) is 39.7 Å². The molecule has 1 rings (SSSR count). The number of quaternary nitrogens is 1. The Morgan fingerprint density at radius 3 is 2.15 bits per heavy atom. The van der Waals surface area contributed by atoms with E-state index in [1.165, 1.54) is 0 Å². The van der Waals surface area contributed by atoms with E-state index in [0.717, 1.165) is 31.7 Å². The minimum absolute atomic E-state index is 0.0225. The maximum atomic E-state index is 9.24. The number of phenols is 1. The number of hydroxylamine groups is 3. The number of rotatable bonds is 9. The molecule has 0 aromatic heterocycles. The molecule has 1 aromatic carbocycles. The lowest BCUT2D eigenvalue weighted by Crippen LogP contribution is -2.46. The van der Waals surface area contributed by atoms with Gasteiger partial charge in [-0.25, -0.2) is 0 Å². The van der Waals surface area contributed by atoms with E-state index in [-0.39, 0.29) is 11.9 Å². The lowest BCUT2D eigenvalue weighted by Gasteiger charge is -2.32. The first-order valence-electron chi connectivity index (χ1n) is 7.44. The molecular weight excluding hydrogens is 254 g/mol. The summed E-state index contributed by atoms with van der Waals surface area (Å²) in [6.45, 7) is 8.92. The summed E-state index contributed by atoms with van der Waals surface area (Å²) in [5.74, 6) is 0.996. The van der Waals surface area contributed by atoms with Gasteiger partial charge >= 0.3 is 0 Å². The molecule has 20 heavy (non-hydrogen) atoms. The average Bonchev–Trinajstić information content (AvgIpc) is 2.40. The van der Waals surface area contributed by atoms with Gasteiger partial charge in [-0.3, -0.25) is 0 Å². The third kappa shape index (κ3) is 5.80. The molecule has 0 saturated heterocycles. The van der Waals surface area contributed by atoms with Gasteiger partial charge in [-0.2, -0.15) is 9.48 Å². The molecule has 1 N–H and O–H groups in total. The molecule has 1 aromatic rings. The van der Waals surface area contributed by atoms with Crippen LogP contribution in [0.2, 0.25) is 0 Å². The lowest BCUT2D eigenvalue weighted by atomic mass is 10.3. The van der Waals surface area contributed by atoms with Gasteiger partial charge < -0.3 is 9.84 Å². The highest BCUT2D eigenvalue weighted by Gasteiger charge is 2.23. The molecule has 1 unspecified atom stereocenters. The third-order valence-corrected chi connectivity index (χ3v) is 3.19. The molecule has 0 aliphatic rings. The quantitative estimate of drug-likeness (QED) is 0.557. The van der Waals surface area contributed by atoms with Crippen LogP contribution in [0, 0.1) is 0 Å². The van der Waals surface area contributed by atoms with E-state index in [0.29, 0.717) is 11.3 Å². The second-order valence-electron chi connectivity index (χ2n) is 5.46. The number of aromatic hydroxyl groups is 1. The van der Waals surface area contributed by atoms with Gasteiger partial charge in [0, 0.05) is 0 Å². The Morgan fingerprint density at radius 2 is 1.65 bits per heavy atom. The van der Waals surface area contributed by atoms with Crippen molar-refractivity contribution in [2.75, 3.05) is 26.7 Å². The van der Waals surface area contributed by atoms with Crippen LogP contribution in [0.4, 0.5) is 0 Å². The Morgan fingerprint density at radius 1 is 1.10 bits per heavy atom. The Kier molecular flexibility index (Phi) is 6.82. The van der Waals surface area contributed by atoms with E-state index in [4.69, 9.17) is 9.57 Å². The molecular formula is C16H28NO3+. The Labute approximate surface area is 122 Å². The topological polar surface area (TPSA) is 38.7 Å². The fourth-order valence-electron chi connectivity index (χ4n) is 2.26. The molecule has 4 nitrogen and oxygen atoms in total. The fourth-order valence-corrected chi connectivity index (χ4v) is 2.26. The minimum atomic E-state index is -0.0225. The monoisotopic (exact) mass is 282 g/mol. The zero-order valence-electron chi connectivity index (χ0n) is 13.1. The molecule has 0 heterocycles. The van der Waals surface area contributed by atoms with Gasteiger partial charge in [-0.1, -0.05) is 13.8 Å². The van der Waals surface area contributed by atoms with Crippen molar-refractivity contribution in [2.24, 2.45) is 0 Å². The molecule has 0 aliphatic heterocycles. The molecule has 0 saturated carbocycles. The average molecular weight is 282 g/mol. The van der Waals surface area contributed by atoms with E-state index >= 15 is 0 Å². The van der Waals surface area contributed by atoms with Crippen LogP contribution in [-0.2, 0) is 4.84 Å². The Bertz CT molecular complexity index is 372. The van der Waals surface area contributed by atoms with Gasteiger partial charge in [0.15, 0.2) is 0 Å². The zero-order valence-corrected chi connectivity index (χ0v) is 13.1. The van der Waals surface area contributed by atoms with E-state index < -0.39 is 0 Å². The Balaban J connectivity index is 2.44. The number of phenolic OH excluding ortho intramolecular Hbond substituents is 1. The number of ether oxygens (including phenoxy) is 1. The van der Waals surface area contributed by atoms with Crippen molar-refractivity contribution >= 4 is 0 Å². The van der Waals surface area contributed by atoms with Crippen LogP contribution in [0.1, 0.15) is 33.6 Å². The lowest BCUT2D eigenvalue weighted by molar-refractivity contribution is -1.09. The van der Waals surface area contributed by atoms with Crippen molar-refractivity contribution in [3.05, 3.63) is 24.3 Å². The van der Waals surface area contributed by atoms with Gasteiger partial charge in [-0.05, 0) is 44.0 Å². The molecule has 114 valence electrons. The summed E-state index contributed by atoms with van der Waals surface area (Å²) in [6, 6.07) is 6.77. The van der Waals surface area contributed by atoms with Gasteiger partial charge in [0.25, 0.3) is 0 Å². The van der Waals surface area contributed by atoms with Crippen LogP contribution in [0.15, 0.2) is 24.3 Å². The normalized spacial score (nSPS) is 13.2. The SMILES string of the molecule is CCC[N+](C)(CCC)OCC(C)Oc1ccc(O)cc1. The number of nitrogens with zero attached hydrogens (tertiary/aromatic N) is 1. The first-order valence-corrected chi connectivity index (χ1v) is 7.44. The van der Waals surface area contributed by atoms with Gasteiger partial charge in [0.1, 0.15) is 37.3 Å². The van der Waals surface area contributed by atoms with E-state index in [9.17, 15) is 5.11 Å². The summed E-state index contributed by atoms with van der Waals surface area (Å²) in [5, 5.41) is 9.24. The summed E-state index contributed by atoms with van der Waals surface area (Å²) in [7, 11) is 2.13. The largest absolute Gasteiger partial charge is 0.508 e. The van der Waals surface area contributed by atoms with Crippen LogP contribution in [0.25, 0.3) is 0 Å². The predicted molar refractivity (Wildman–Crippen MR) is 80.6 cm³/mol. The number of benzene rings is 1. The van der Waals surface area contributed by atoms with E-state index in [1.807, 2.05) is 6.92 Å². The molecule has 0 fully saturated rings. The maximum absolute atomic E-state index is 9.24. The molecule has 0 amide bonds. The summed E-state index contributed by atoms with van der Waals surface area (Å²) >= 11 is 0. The molecule has 1 atom stereocenters. The summed E-state index contributed by atoms with van der Waals surface area (Å²) in [5.41, 5.74) is 0. The molecule has 0 aliphatic carbocycles. The Hall–Kier alpha value is -1.26. The second kappa shape index (κ2) is 8.12. The van der Waals surface area contributed by atoms with Gasteiger partial charge in [-0.15, -0.1) is 0 Å². The first kappa shape index (κ1) is 16.8. The molecule has 0 bridgehead atoms. The van der Waals surface area contributed by atoms with Gasteiger partial charge in [0.05, 0.1) is 7.05 Å². The first-order chi connectivity index (χ1) is 9.49. The summed E-state index contributed by atoms with van der Waals surface area (Å²) in [6.07, 6.45) is 2.18. The highest BCUT2D eigenvalue weighted by atomic mass is 16.7. The molecule has 4 heteroatoms. The van der Waals surface area contributed by atoms with Crippen molar-refractivity contribution < 1.29 is 19.3 Å². The van der Waals surface area contributed by atoms with Gasteiger partial charge in [0.2, 0.25) is 0 Å². The van der Waals surface area contributed by atoms with Crippen molar-refractivity contribution in [1.82, 2.24) is 0 Å². The van der Waals surface area contributed by atoms with Crippen molar-refractivity contribution in [3.8, 4) is 11.5 Å². The fraction of sp³-hybridized carbons (Fsp3) is 0.625. The van der Waals surface area contributed by atoms with Crippen LogP contribution >= 0.6 is 0 Å². The summed E-state index contributed by atoms with van der Waals surface area (Å²) < 4.78 is 6.41. The van der Waals surface area contributed by atoms with Crippen LogP contribution < -0.4 is 4.74 Å². The van der Waals surface area contributed by atoms with Crippen molar-refractivity contribution in [1.29, 1.82) is 0 Å². The van der Waals surface area contributed by atoms with E-state index in [2.05, 4.69) is 20.9 Å². The van der Waals surface area contributed by atoms with Crippen molar-refractivity contribution in [3.63, 3.8) is 0 Å². The molecule has 0 spiro atoms. The smallest absolute Gasteiger partial charge is 0.143 e.